The number of unbranched alkanes of at least 4 members (excludes halogenated alkanes) is 1. The van der Waals surface area contributed by atoms with Gasteiger partial charge in [0.1, 0.15) is 11.2 Å². The summed E-state index contributed by atoms with van der Waals surface area (Å²) in [6.07, 6.45) is 2.55. The zero-order valence-corrected chi connectivity index (χ0v) is 11.4. The minimum absolute atomic E-state index is 0.00921. The maximum absolute atomic E-state index is 13.2. The number of halogens is 1. The van der Waals surface area contributed by atoms with Gasteiger partial charge in [0.25, 0.3) is 0 Å². The fourth-order valence-electron chi connectivity index (χ4n) is 2.13. The number of carbonyl (C=O) groups excluding carboxylic acids is 1. The third-order valence-electron chi connectivity index (χ3n) is 3.09. The van der Waals surface area contributed by atoms with Crippen LogP contribution >= 0.6 is 11.8 Å². The van der Waals surface area contributed by atoms with E-state index in [1.807, 2.05) is 11.0 Å². The Bertz CT molecular complexity index is 424. The van der Waals surface area contributed by atoms with Crippen LogP contribution in [0.3, 0.4) is 0 Å². The van der Waals surface area contributed by atoms with Crippen molar-refractivity contribution in [3.63, 3.8) is 0 Å². The van der Waals surface area contributed by atoms with Gasteiger partial charge in [0.15, 0.2) is 0 Å². The van der Waals surface area contributed by atoms with Crippen LogP contribution in [0.2, 0.25) is 0 Å². The van der Waals surface area contributed by atoms with E-state index >= 15 is 0 Å². The molecule has 1 aliphatic rings. The minimum Gasteiger partial charge on any atom is -0.326 e. The van der Waals surface area contributed by atoms with E-state index < -0.39 is 0 Å². The molecule has 0 radical (unpaired) electrons. The van der Waals surface area contributed by atoms with Crippen molar-refractivity contribution in [2.24, 2.45) is 0 Å². The van der Waals surface area contributed by atoms with E-state index in [9.17, 15) is 9.18 Å². The monoisotopic (exact) mass is 267 g/mol. The van der Waals surface area contributed by atoms with Crippen LogP contribution in [0.4, 0.5) is 4.39 Å². The number of carbonyl (C=O) groups is 1. The quantitative estimate of drug-likeness (QED) is 0.831. The molecule has 0 spiro atoms. The molecule has 0 unspecified atom stereocenters. The number of amides is 1. The Balaban J connectivity index is 2.10. The van der Waals surface area contributed by atoms with Crippen LogP contribution in [0.15, 0.2) is 24.3 Å². The van der Waals surface area contributed by atoms with E-state index in [-0.39, 0.29) is 17.1 Å². The molecule has 1 aromatic rings. The predicted octanol–water partition coefficient (Wildman–Crippen LogP) is 3.59. The molecule has 4 heteroatoms. The lowest BCUT2D eigenvalue weighted by molar-refractivity contribution is -0.131. The zero-order chi connectivity index (χ0) is 13.0. The third kappa shape index (κ3) is 3.05. The van der Waals surface area contributed by atoms with Gasteiger partial charge in [-0.15, -0.1) is 11.8 Å². The van der Waals surface area contributed by atoms with Gasteiger partial charge in [-0.05, 0) is 24.1 Å². The van der Waals surface area contributed by atoms with Crippen LogP contribution in [0.5, 0.6) is 0 Å². The molecule has 0 N–H and O–H groups in total. The van der Waals surface area contributed by atoms with Crippen molar-refractivity contribution >= 4 is 17.7 Å². The summed E-state index contributed by atoms with van der Waals surface area (Å²) in [7, 11) is 0. The summed E-state index contributed by atoms with van der Waals surface area (Å²) >= 11 is 1.71. The molecular weight excluding hydrogens is 249 g/mol. The molecule has 0 aromatic heterocycles. The van der Waals surface area contributed by atoms with Gasteiger partial charge in [-0.1, -0.05) is 25.5 Å². The molecule has 1 aliphatic heterocycles. The first-order chi connectivity index (χ1) is 8.72. The van der Waals surface area contributed by atoms with Crippen LogP contribution in [0.1, 0.15) is 37.1 Å². The van der Waals surface area contributed by atoms with Gasteiger partial charge in [-0.25, -0.2) is 4.39 Å². The van der Waals surface area contributed by atoms with E-state index in [0.717, 1.165) is 30.7 Å². The van der Waals surface area contributed by atoms with Crippen LogP contribution in [0, 0.1) is 5.82 Å². The fraction of sp³-hybridized carbons (Fsp3) is 0.500. The first kappa shape index (κ1) is 13.4. The Hall–Kier alpha value is -1.03. The second-order valence-electron chi connectivity index (χ2n) is 4.47. The third-order valence-corrected chi connectivity index (χ3v) is 4.35. The average Bonchev–Trinajstić information content (AvgIpc) is 2.85. The molecule has 0 aliphatic carbocycles. The second kappa shape index (κ2) is 6.23. The predicted molar refractivity (Wildman–Crippen MR) is 72.8 cm³/mol. The molecule has 1 atom stereocenters. The zero-order valence-electron chi connectivity index (χ0n) is 10.6. The maximum atomic E-state index is 13.2. The minimum atomic E-state index is -0.235. The van der Waals surface area contributed by atoms with Crippen molar-refractivity contribution in [1.29, 1.82) is 0 Å². The molecular formula is C14H18FNOS. The van der Waals surface area contributed by atoms with Crippen molar-refractivity contribution in [3.8, 4) is 0 Å². The Labute approximate surface area is 112 Å². The Kier molecular flexibility index (Phi) is 4.64. The van der Waals surface area contributed by atoms with E-state index in [0.29, 0.717) is 6.42 Å². The highest BCUT2D eigenvalue weighted by Crippen LogP contribution is 2.38. The Morgan fingerprint density at radius 1 is 1.56 bits per heavy atom. The topological polar surface area (TPSA) is 20.3 Å². The van der Waals surface area contributed by atoms with E-state index in [4.69, 9.17) is 0 Å². The summed E-state index contributed by atoms with van der Waals surface area (Å²) in [6, 6.07) is 6.57. The maximum Gasteiger partial charge on any atom is 0.223 e. The number of hydrogen-bond donors (Lipinski definition) is 0. The SMILES string of the molecule is CCCCC(=O)N1CCS[C@@H]1c1cccc(F)c1. The van der Waals surface area contributed by atoms with Crippen molar-refractivity contribution in [3.05, 3.63) is 35.6 Å². The van der Waals surface area contributed by atoms with E-state index in [1.165, 1.54) is 12.1 Å². The van der Waals surface area contributed by atoms with Gasteiger partial charge >= 0.3 is 0 Å². The summed E-state index contributed by atoms with van der Waals surface area (Å²) in [5.74, 6) is 0.885. The number of rotatable bonds is 4. The molecule has 18 heavy (non-hydrogen) atoms. The van der Waals surface area contributed by atoms with Gasteiger partial charge in [-0.3, -0.25) is 4.79 Å². The standard InChI is InChI=1S/C14H18FNOS/c1-2-3-7-13(17)16-8-9-18-14(16)11-5-4-6-12(15)10-11/h4-6,10,14H,2-3,7-9H2,1H3/t14-/m1/s1. The lowest BCUT2D eigenvalue weighted by atomic mass is 10.2. The highest BCUT2D eigenvalue weighted by Gasteiger charge is 2.30. The largest absolute Gasteiger partial charge is 0.326 e. The van der Waals surface area contributed by atoms with Gasteiger partial charge in [-0.2, -0.15) is 0 Å². The summed E-state index contributed by atoms with van der Waals surface area (Å²) in [5, 5.41) is -0.00921. The summed E-state index contributed by atoms with van der Waals surface area (Å²) in [4.78, 5) is 14.0. The summed E-state index contributed by atoms with van der Waals surface area (Å²) < 4.78 is 13.2. The molecule has 1 saturated heterocycles. The van der Waals surface area contributed by atoms with Crippen molar-refractivity contribution in [2.45, 2.75) is 31.6 Å². The van der Waals surface area contributed by atoms with Gasteiger partial charge in [0.05, 0.1) is 0 Å². The highest BCUT2D eigenvalue weighted by atomic mass is 32.2. The van der Waals surface area contributed by atoms with Crippen LogP contribution in [-0.2, 0) is 4.79 Å². The fourth-order valence-corrected chi connectivity index (χ4v) is 3.40. The van der Waals surface area contributed by atoms with Gasteiger partial charge in [0.2, 0.25) is 5.91 Å². The molecule has 2 nitrogen and oxygen atoms in total. The summed E-state index contributed by atoms with van der Waals surface area (Å²) in [6.45, 7) is 2.85. The first-order valence-electron chi connectivity index (χ1n) is 6.39. The van der Waals surface area contributed by atoms with E-state index in [2.05, 4.69) is 6.92 Å². The molecule has 0 saturated carbocycles. The highest BCUT2D eigenvalue weighted by molar-refractivity contribution is 7.99. The lowest BCUT2D eigenvalue weighted by Gasteiger charge is -2.24. The smallest absolute Gasteiger partial charge is 0.223 e. The number of thioether (sulfide) groups is 1. The molecule has 1 amide bonds. The van der Waals surface area contributed by atoms with Gasteiger partial charge in [0, 0.05) is 18.7 Å². The number of nitrogens with zero attached hydrogens (tertiary/aromatic N) is 1. The Morgan fingerprint density at radius 3 is 3.11 bits per heavy atom. The lowest BCUT2D eigenvalue weighted by Crippen LogP contribution is -2.30. The second-order valence-corrected chi connectivity index (χ2v) is 5.66. The van der Waals surface area contributed by atoms with Gasteiger partial charge < -0.3 is 4.90 Å². The van der Waals surface area contributed by atoms with Crippen LogP contribution in [0.25, 0.3) is 0 Å². The summed E-state index contributed by atoms with van der Waals surface area (Å²) in [5.41, 5.74) is 0.891. The molecule has 98 valence electrons. The van der Waals surface area contributed by atoms with Crippen molar-refractivity contribution < 1.29 is 9.18 Å². The number of hydrogen-bond acceptors (Lipinski definition) is 2. The van der Waals surface area contributed by atoms with Crippen LogP contribution in [-0.4, -0.2) is 23.1 Å². The average molecular weight is 267 g/mol. The molecule has 0 bridgehead atoms. The molecule has 1 aromatic carbocycles. The molecule has 2 rings (SSSR count). The normalized spacial score (nSPS) is 19.2. The van der Waals surface area contributed by atoms with Crippen molar-refractivity contribution in [1.82, 2.24) is 4.90 Å². The van der Waals surface area contributed by atoms with Crippen molar-refractivity contribution in [2.75, 3.05) is 12.3 Å². The molecule has 1 fully saturated rings. The Morgan fingerprint density at radius 2 is 2.39 bits per heavy atom. The molecule has 1 heterocycles. The van der Waals surface area contributed by atoms with Crippen LogP contribution < -0.4 is 0 Å². The first-order valence-corrected chi connectivity index (χ1v) is 7.43. The number of benzene rings is 1. The van der Waals surface area contributed by atoms with E-state index in [1.54, 1.807) is 17.8 Å².